The van der Waals surface area contributed by atoms with Crippen molar-refractivity contribution in [2.24, 2.45) is 5.73 Å². The number of guanidine groups is 1. The molecule has 0 aliphatic carbocycles. The summed E-state index contributed by atoms with van der Waals surface area (Å²) in [6.45, 7) is 0. The van der Waals surface area contributed by atoms with Crippen molar-refractivity contribution in [3.05, 3.63) is 58.4 Å². The zero-order valence-corrected chi connectivity index (χ0v) is 11.4. The molecule has 2 aromatic rings. The van der Waals surface area contributed by atoms with Crippen molar-refractivity contribution in [1.29, 1.82) is 5.41 Å². The smallest absolute Gasteiger partial charge is 0.223 e. The van der Waals surface area contributed by atoms with E-state index in [0.717, 1.165) is 5.06 Å². The molecule has 0 spiro atoms. The normalized spacial score (nSPS) is 16.5. The predicted octanol–water partition coefficient (Wildman–Crippen LogP) is 3.22. The third-order valence-corrected chi connectivity index (χ3v) is 3.61. The number of halogens is 2. The van der Waals surface area contributed by atoms with Crippen molar-refractivity contribution in [3.8, 4) is 11.5 Å². The van der Waals surface area contributed by atoms with E-state index in [1.165, 1.54) is 18.2 Å². The highest BCUT2D eigenvalue weighted by Crippen LogP contribution is 2.48. The van der Waals surface area contributed by atoms with Gasteiger partial charge >= 0.3 is 0 Å². The molecule has 2 aromatic carbocycles. The van der Waals surface area contributed by atoms with Crippen molar-refractivity contribution in [2.45, 2.75) is 6.04 Å². The zero-order valence-electron chi connectivity index (χ0n) is 10.6. The second kappa shape index (κ2) is 4.82. The maximum atomic E-state index is 14.1. The average Bonchev–Trinajstić information content (AvgIpc) is 2.84. The second-order valence-electron chi connectivity index (χ2n) is 4.52. The first-order valence-electron chi connectivity index (χ1n) is 6.05. The van der Waals surface area contributed by atoms with E-state index in [0.29, 0.717) is 5.56 Å². The fraction of sp³-hybridized carbons (Fsp3) is 0.0714. The van der Waals surface area contributed by atoms with Gasteiger partial charge in [0.15, 0.2) is 5.75 Å². The first-order valence-corrected chi connectivity index (χ1v) is 6.43. The lowest BCUT2D eigenvalue weighted by Crippen LogP contribution is -2.38. The first kappa shape index (κ1) is 13.5. The van der Waals surface area contributed by atoms with Crippen LogP contribution < -0.4 is 10.6 Å². The number of rotatable bonds is 1. The topological polar surface area (TPSA) is 82.2 Å². The number of benzene rings is 2. The molecule has 1 aliphatic rings. The summed E-state index contributed by atoms with van der Waals surface area (Å²) in [5, 5.41) is 20.1. The molecule has 3 rings (SSSR count). The van der Waals surface area contributed by atoms with Crippen molar-refractivity contribution in [1.82, 2.24) is 5.06 Å². The highest BCUT2D eigenvalue weighted by Gasteiger charge is 2.38. The molecule has 0 amide bonds. The summed E-state index contributed by atoms with van der Waals surface area (Å²) in [4.78, 5) is 5.39. The van der Waals surface area contributed by atoms with Gasteiger partial charge in [-0.2, -0.15) is 5.06 Å². The number of hydrogen-bond acceptors (Lipinski definition) is 2. The quantitative estimate of drug-likeness (QED) is 0.627. The lowest BCUT2D eigenvalue weighted by atomic mass is 9.98. The Morgan fingerprint density at radius 1 is 1.29 bits per heavy atom. The lowest BCUT2D eigenvalue weighted by molar-refractivity contribution is 0.0171. The largest absolute Gasteiger partial charge is 0.374 e. The molecule has 1 unspecified atom stereocenters. The monoisotopic (exact) mass is 306 g/mol. The molecule has 0 bridgehead atoms. The van der Waals surface area contributed by atoms with Gasteiger partial charge in [0, 0.05) is 11.1 Å². The predicted molar refractivity (Wildman–Crippen MR) is 74.2 cm³/mol. The second-order valence-corrected chi connectivity index (χ2v) is 4.90. The molecule has 0 fully saturated rings. The van der Waals surface area contributed by atoms with Crippen molar-refractivity contribution < 1.29 is 14.3 Å². The Balaban J connectivity index is 2.21. The van der Waals surface area contributed by atoms with Crippen LogP contribution in [0.1, 0.15) is 17.2 Å². The van der Waals surface area contributed by atoms with E-state index >= 15 is 0 Å². The Morgan fingerprint density at radius 2 is 2.00 bits per heavy atom. The van der Waals surface area contributed by atoms with Crippen LogP contribution >= 0.6 is 11.6 Å². The summed E-state index contributed by atoms with van der Waals surface area (Å²) >= 11 is 5.93. The molecule has 1 heterocycles. The zero-order chi connectivity index (χ0) is 15.1. The minimum atomic E-state index is -0.767. The standard InChI is InChI=1S/C14H10ClFN3O2/c15-11-10(20)6-5-8-12(7-3-1-2-4-9(7)16)19(14(17)18)21-13(8)11/h1-6,12H,(H3,17,18). The SMILES string of the molecule is N=C(N)N1Oc2c(ccc([O])c2Cl)C1c1ccccc1F. The summed E-state index contributed by atoms with van der Waals surface area (Å²) in [5.41, 5.74) is 6.25. The van der Waals surface area contributed by atoms with Crippen molar-refractivity contribution in [3.63, 3.8) is 0 Å². The molecule has 21 heavy (non-hydrogen) atoms. The van der Waals surface area contributed by atoms with Gasteiger partial charge in [-0.15, -0.1) is 0 Å². The van der Waals surface area contributed by atoms with Gasteiger partial charge in [-0.3, -0.25) is 10.5 Å². The minimum absolute atomic E-state index is 0.104. The Bertz CT molecular complexity index is 738. The van der Waals surface area contributed by atoms with Gasteiger partial charge in [0.1, 0.15) is 16.9 Å². The fourth-order valence-corrected chi connectivity index (χ4v) is 2.52. The van der Waals surface area contributed by atoms with Crippen LogP contribution in [0, 0.1) is 11.2 Å². The van der Waals surface area contributed by atoms with Crippen LogP contribution in [-0.4, -0.2) is 11.0 Å². The average molecular weight is 307 g/mol. The number of hydroxylamine groups is 2. The molecule has 0 saturated heterocycles. The van der Waals surface area contributed by atoms with E-state index in [1.807, 2.05) is 0 Å². The van der Waals surface area contributed by atoms with Gasteiger partial charge < -0.3 is 10.6 Å². The third kappa shape index (κ3) is 2.04. The molecule has 1 aliphatic heterocycles. The van der Waals surface area contributed by atoms with Crippen LogP contribution in [0.5, 0.6) is 11.5 Å². The molecule has 0 aromatic heterocycles. The van der Waals surface area contributed by atoms with Crippen LogP contribution in [0.2, 0.25) is 5.02 Å². The Hall–Kier alpha value is -2.47. The van der Waals surface area contributed by atoms with Gasteiger partial charge in [-0.25, -0.2) is 4.39 Å². The molecule has 5 nitrogen and oxygen atoms in total. The Labute approximate surface area is 124 Å². The molecule has 107 valence electrons. The van der Waals surface area contributed by atoms with Crippen LogP contribution in [-0.2, 0) is 5.11 Å². The molecular weight excluding hydrogens is 297 g/mol. The van der Waals surface area contributed by atoms with E-state index in [-0.39, 0.29) is 16.3 Å². The summed E-state index contributed by atoms with van der Waals surface area (Å²) in [6.07, 6.45) is 0. The summed E-state index contributed by atoms with van der Waals surface area (Å²) in [7, 11) is 0. The van der Waals surface area contributed by atoms with Crippen molar-refractivity contribution >= 4 is 17.6 Å². The van der Waals surface area contributed by atoms with Gasteiger partial charge in [0.2, 0.25) is 11.7 Å². The van der Waals surface area contributed by atoms with E-state index in [4.69, 9.17) is 27.6 Å². The van der Waals surface area contributed by atoms with Gasteiger partial charge in [0.05, 0.1) is 0 Å². The van der Waals surface area contributed by atoms with Gasteiger partial charge in [0.25, 0.3) is 0 Å². The lowest BCUT2D eigenvalue weighted by Gasteiger charge is -2.23. The number of fused-ring (bicyclic) bond motifs is 1. The van der Waals surface area contributed by atoms with E-state index in [1.54, 1.807) is 18.2 Å². The van der Waals surface area contributed by atoms with Crippen LogP contribution in [0.3, 0.4) is 0 Å². The Morgan fingerprint density at radius 3 is 2.67 bits per heavy atom. The molecule has 7 heteroatoms. The third-order valence-electron chi connectivity index (χ3n) is 3.25. The highest BCUT2D eigenvalue weighted by atomic mass is 35.5. The van der Waals surface area contributed by atoms with Crippen molar-refractivity contribution in [2.75, 3.05) is 0 Å². The molecule has 0 saturated carbocycles. The molecule has 1 atom stereocenters. The number of nitrogens with zero attached hydrogens (tertiary/aromatic N) is 1. The van der Waals surface area contributed by atoms with Crippen LogP contribution in [0.15, 0.2) is 36.4 Å². The van der Waals surface area contributed by atoms with Gasteiger partial charge in [-0.1, -0.05) is 29.8 Å². The molecule has 1 radical (unpaired) electrons. The maximum absolute atomic E-state index is 14.1. The summed E-state index contributed by atoms with van der Waals surface area (Å²) in [5.74, 6) is -1.18. The summed E-state index contributed by atoms with van der Waals surface area (Å²) < 4.78 is 14.1. The minimum Gasteiger partial charge on any atom is -0.374 e. The number of nitrogens with two attached hydrogens (primary N) is 1. The first-order chi connectivity index (χ1) is 10.0. The van der Waals surface area contributed by atoms with E-state index in [9.17, 15) is 9.50 Å². The molecular formula is C14H10ClFN3O2. The van der Waals surface area contributed by atoms with Crippen LogP contribution in [0.4, 0.5) is 4.39 Å². The maximum Gasteiger partial charge on any atom is 0.223 e. The van der Waals surface area contributed by atoms with Crippen LogP contribution in [0.25, 0.3) is 0 Å². The van der Waals surface area contributed by atoms with E-state index < -0.39 is 23.6 Å². The van der Waals surface area contributed by atoms with Gasteiger partial charge in [-0.05, 0) is 18.2 Å². The summed E-state index contributed by atoms with van der Waals surface area (Å²) in [6, 6.07) is 8.10. The molecule has 3 N–H and O–H groups in total. The highest BCUT2D eigenvalue weighted by molar-refractivity contribution is 6.33. The fourth-order valence-electron chi connectivity index (χ4n) is 2.32. The number of nitrogens with one attached hydrogen (secondary N) is 1. The number of hydrogen-bond donors (Lipinski definition) is 2. The Kier molecular flexibility index (Phi) is 3.10. The van der Waals surface area contributed by atoms with E-state index in [2.05, 4.69) is 0 Å².